The Bertz CT molecular complexity index is 838. The molecule has 0 unspecified atom stereocenters. The quantitative estimate of drug-likeness (QED) is 0.350. The summed E-state index contributed by atoms with van der Waals surface area (Å²) in [5.74, 6) is 0. The summed E-state index contributed by atoms with van der Waals surface area (Å²) in [5, 5.41) is 1.05. The molecule has 0 bridgehead atoms. The molecule has 1 aliphatic carbocycles. The largest absolute Gasteiger partial charge is 0.399 e. The fourth-order valence-electron chi connectivity index (χ4n) is 2.84. The molecule has 0 spiro atoms. The second-order valence-electron chi connectivity index (χ2n) is 5.71. The molecule has 4 heteroatoms. The zero-order valence-electron chi connectivity index (χ0n) is 17.8. The summed E-state index contributed by atoms with van der Waals surface area (Å²) < 4.78 is 0. The van der Waals surface area contributed by atoms with Gasteiger partial charge in [0.15, 0.2) is 0 Å². The van der Waals surface area contributed by atoms with Crippen molar-refractivity contribution in [1.82, 2.24) is 9.97 Å². The highest BCUT2D eigenvalue weighted by Gasteiger charge is 2.19. The van der Waals surface area contributed by atoms with Crippen LogP contribution in [0.1, 0.15) is 51.5 Å². The van der Waals surface area contributed by atoms with E-state index in [2.05, 4.69) is 29.8 Å². The number of nitrogens with two attached hydrogens (primary N) is 1. The zero-order valence-corrected chi connectivity index (χ0v) is 18.6. The second-order valence-corrected chi connectivity index (χ2v) is 6.79. The monoisotopic (exact) mass is 395 g/mol. The lowest BCUT2D eigenvalue weighted by Gasteiger charge is -2.06. The molecule has 2 N–H and O–H groups in total. The molecule has 3 aromatic rings. The van der Waals surface area contributed by atoms with E-state index in [-0.39, 0.29) is 0 Å². The number of nitrogen functional groups attached to an aromatic ring is 1. The van der Waals surface area contributed by atoms with Gasteiger partial charge in [0.05, 0.1) is 5.69 Å². The van der Waals surface area contributed by atoms with Crippen molar-refractivity contribution in [3.63, 3.8) is 0 Å². The molecule has 0 radical (unpaired) electrons. The molecule has 2 aromatic heterocycles. The van der Waals surface area contributed by atoms with Crippen molar-refractivity contribution in [3.8, 4) is 21.8 Å². The van der Waals surface area contributed by atoms with Crippen molar-refractivity contribution >= 4 is 17.0 Å². The smallest absolute Gasteiger partial charge is 0.125 e. The molecule has 28 heavy (non-hydrogen) atoms. The van der Waals surface area contributed by atoms with E-state index in [1.54, 1.807) is 23.6 Å². The molecule has 1 aromatic carbocycles. The van der Waals surface area contributed by atoms with Gasteiger partial charge in [0.2, 0.25) is 0 Å². The minimum absolute atomic E-state index is 0.833. The summed E-state index contributed by atoms with van der Waals surface area (Å²) in [5.41, 5.74) is 11.5. The number of aromatic nitrogens is 2. The van der Waals surface area contributed by atoms with Crippen LogP contribution >= 0.6 is 11.3 Å². The van der Waals surface area contributed by atoms with Gasteiger partial charge in [0, 0.05) is 34.1 Å². The minimum atomic E-state index is 0.833. The Balaban J connectivity index is 0.000000502. The van der Waals surface area contributed by atoms with Crippen molar-refractivity contribution in [1.29, 1.82) is 0 Å². The molecule has 0 aliphatic heterocycles. The van der Waals surface area contributed by atoms with Gasteiger partial charge in [-0.15, -0.1) is 17.9 Å². The van der Waals surface area contributed by atoms with Crippen LogP contribution in [0, 0.1) is 0 Å². The Morgan fingerprint density at radius 3 is 2.46 bits per heavy atom. The number of rotatable bonds is 1. The average molecular weight is 396 g/mol. The Labute approximate surface area is 174 Å². The molecule has 0 fully saturated rings. The van der Waals surface area contributed by atoms with E-state index in [1.165, 1.54) is 16.0 Å². The van der Waals surface area contributed by atoms with Crippen LogP contribution in [0.15, 0.2) is 55.4 Å². The van der Waals surface area contributed by atoms with Crippen LogP contribution in [0.5, 0.6) is 0 Å². The Kier molecular flexibility index (Phi) is 10.8. The van der Waals surface area contributed by atoms with Gasteiger partial charge in [0.25, 0.3) is 0 Å². The highest BCUT2D eigenvalue weighted by molar-refractivity contribution is 7.15. The molecule has 4 rings (SSSR count). The number of anilines is 1. The van der Waals surface area contributed by atoms with Gasteiger partial charge in [-0.2, -0.15) is 0 Å². The summed E-state index contributed by atoms with van der Waals surface area (Å²) in [4.78, 5) is 10.5. The number of hydrogen-bond acceptors (Lipinski definition) is 4. The number of fused-ring (bicyclic) bond motifs is 3. The first kappa shape index (κ1) is 23.6. The second kappa shape index (κ2) is 12.8. The lowest BCUT2D eigenvalue weighted by atomic mass is 10.0. The first-order valence-electron chi connectivity index (χ1n) is 10.1. The van der Waals surface area contributed by atoms with Crippen LogP contribution in [0.3, 0.4) is 0 Å². The van der Waals surface area contributed by atoms with Gasteiger partial charge in [0.1, 0.15) is 5.01 Å². The summed E-state index contributed by atoms with van der Waals surface area (Å²) in [7, 11) is 0. The van der Waals surface area contributed by atoms with Gasteiger partial charge >= 0.3 is 0 Å². The molecule has 0 saturated carbocycles. The van der Waals surface area contributed by atoms with Gasteiger partial charge < -0.3 is 5.73 Å². The maximum atomic E-state index is 5.92. The van der Waals surface area contributed by atoms with E-state index in [0.29, 0.717) is 0 Å². The fraction of sp³-hybridized carbons (Fsp3) is 0.333. The molecular weight excluding hydrogens is 362 g/mol. The topological polar surface area (TPSA) is 51.8 Å². The number of pyridine rings is 1. The number of nitrogens with zero attached hydrogens (tertiary/aromatic N) is 2. The summed E-state index contributed by atoms with van der Waals surface area (Å²) in [6.07, 6.45) is 8.73. The Morgan fingerprint density at radius 1 is 1.11 bits per heavy atom. The number of thiazole rings is 1. The number of aryl methyl sites for hydroxylation is 2. The molecule has 0 atom stereocenters. The van der Waals surface area contributed by atoms with Crippen molar-refractivity contribution < 1.29 is 0 Å². The average Bonchev–Trinajstić information content (AvgIpc) is 3.09. The van der Waals surface area contributed by atoms with E-state index < -0.39 is 0 Å². The van der Waals surface area contributed by atoms with Crippen molar-refractivity contribution in [2.45, 2.75) is 53.9 Å². The summed E-state index contributed by atoms with van der Waals surface area (Å²) in [6.45, 7) is 13.2. The predicted octanol–water partition coefficient (Wildman–Crippen LogP) is 7.19. The van der Waals surface area contributed by atoms with E-state index in [1.807, 2.05) is 52.9 Å². The number of allylic oxidation sites excluding steroid dienone is 1. The molecule has 0 amide bonds. The van der Waals surface area contributed by atoms with Crippen LogP contribution < -0.4 is 5.73 Å². The van der Waals surface area contributed by atoms with E-state index in [9.17, 15) is 0 Å². The first-order chi connectivity index (χ1) is 13.7. The van der Waals surface area contributed by atoms with Crippen molar-refractivity contribution in [3.05, 3.63) is 65.8 Å². The minimum Gasteiger partial charge on any atom is -0.399 e. The molecule has 0 saturated heterocycles. The maximum absolute atomic E-state index is 5.92. The normalized spacial score (nSPS) is 10.9. The van der Waals surface area contributed by atoms with Crippen LogP contribution in [0.2, 0.25) is 0 Å². The van der Waals surface area contributed by atoms with Gasteiger partial charge in [-0.05, 0) is 56.0 Å². The molecule has 1 aliphatic rings. The maximum Gasteiger partial charge on any atom is 0.125 e. The number of benzene rings is 1. The van der Waals surface area contributed by atoms with Crippen LogP contribution in [0.4, 0.5) is 5.69 Å². The standard InChI is InChI=1S/C17H15N3S.C3H6.2C2H6/c18-13-6-7-14-11(9-13)3-1-5-15-16(14)20-17(21-15)12-4-2-8-19-10-12;1-3-2;2*1-2/h2,4,6-10H,1,3,5,18H2;3H,1H2,2H3;2*1-2H3. The van der Waals surface area contributed by atoms with E-state index in [0.717, 1.165) is 41.2 Å². The first-order valence-corrected chi connectivity index (χ1v) is 10.9. The van der Waals surface area contributed by atoms with Gasteiger partial charge in [-0.25, -0.2) is 4.98 Å². The molecule has 150 valence electrons. The Hall–Kier alpha value is -2.46. The van der Waals surface area contributed by atoms with Gasteiger partial charge in [-0.3, -0.25) is 4.98 Å². The third kappa shape index (κ3) is 6.03. The van der Waals surface area contributed by atoms with Crippen LogP contribution in [0.25, 0.3) is 21.8 Å². The molecule has 2 heterocycles. The third-order valence-corrected chi connectivity index (χ3v) is 5.00. The third-order valence-electron chi connectivity index (χ3n) is 3.84. The molecular formula is C24H33N3S. The van der Waals surface area contributed by atoms with Crippen LogP contribution in [-0.4, -0.2) is 9.97 Å². The van der Waals surface area contributed by atoms with Gasteiger partial charge in [-0.1, -0.05) is 39.8 Å². The zero-order chi connectivity index (χ0) is 20.9. The van der Waals surface area contributed by atoms with Crippen molar-refractivity contribution in [2.75, 3.05) is 5.73 Å². The predicted molar refractivity (Wildman–Crippen MR) is 126 cm³/mol. The van der Waals surface area contributed by atoms with E-state index >= 15 is 0 Å². The lowest BCUT2D eigenvalue weighted by Crippen LogP contribution is -1.92. The van der Waals surface area contributed by atoms with E-state index in [4.69, 9.17) is 10.7 Å². The highest BCUT2D eigenvalue weighted by atomic mass is 32.1. The molecule has 3 nitrogen and oxygen atoms in total. The summed E-state index contributed by atoms with van der Waals surface area (Å²) in [6, 6.07) is 10.2. The Morgan fingerprint density at radius 2 is 1.82 bits per heavy atom. The highest BCUT2D eigenvalue weighted by Crippen LogP contribution is 2.38. The van der Waals surface area contributed by atoms with Crippen LogP contribution in [-0.2, 0) is 12.8 Å². The lowest BCUT2D eigenvalue weighted by molar-refractivity contribution is 0.844. The SMILES string of the molecule is C=CC.CC.CC.Nc1ccc2c(c1)CCCc1sc(-c3cccnc3)nc1-2. The van der Waals surface area contributed by atoms with Crippen molar-refractivity contribution in [2.24, 2.45) is 0 Å². The number of hydrogen-bond donors (Lipinski definition) is 1. The fourth-order valence-corrected chi connectivity index (χ4v) is 3.94. The summed E-state index contributed by atoms with van der Waals surface area (Å²) >= 11 is 1.79.